The Kier molecular flexibility index (Phi) is 3.39. The molecule has 0 bridgehead atoms. The van der Waals surface area contributed by atoms with Crippen LogP contribution in [0.5, 0.6) is 5.75 Å². The van der Waals surface area contributed by atoms with Gasteiger partial charge in [-0.25, -0.2) is 14.2 Å². The Bertz CT molecular complexity index is 605. The Balaban J connectivity index is 2.72. The number of hydrogen-bond donors (Lipinski definition) is 0. The number of benzene rings is 1. The van der Waals surface area contributed by atoms with Gasteiger partial charge in [0, 0.05) is 12.0 Å². The van der Waals surface area contributed by atoms with Gasteiger partial charge in [-0.2, -0.15) is 0 Å². The SMILES string of the molecule is CCS(=O)(=O)c1c(C)ccc2c1C([NH])CC(C)(C)O2. The van der Waals surface area contributed by atoms with Crippen LogP contribution >= 0.6 is 0 Å². The Morgan fingerprint density at radius 2 is 2.05 bits per heavy atom. The molecule has 2 rings (SSSR count). The summed E-state index contributed by atoms with van der Waals surface area (Å²) in [7, 11) is -3.34. The lowest BCUT2D eigenvalue weighted by molar-refractivity contribution is 0.0703. The molecule has 105 valence electrons. The minimum Gasteiger partial charge on any atom is -0.487 e. The lowest BCUT2D eigenvalue weighted by atomic mass is 9.89. The molecular weight excluding hydrogens is 262 g/mol. The number of aryl methyl sites for hydroxylation is 1. The lowest BCUT2D eigenvalue weighted by Crippen LogP contribution is -2.36. The number of rotatable bonds is 2. The summed E-state index contributed by atoms with van der Waals surface area (Å²) in [5.41, 5.74) is 9.05. The summed E-state index contributed by atoms with van der Waals surface area (Å²) in [6.45, 7) is 7.24. The largest absolute Gasteiger partial charge is 0.487 e. The Morgan fingerprint density at radius 3 is 2.63 bits per heavy atom. The second-order valence-corrected chi connectivity index (χ2v) is 7.86. The van der Waals surface area contributed by atoms with Gasteiger partial charge in [0.1, 0.15) is 11.4 Å². The van der Waals surface area contributed by atoms with Crippen molar-refractivity contribution in [2.75, 3.05) is 5.75 Å². The topological polar surface area (TPSA) is 67.2 Å². The van der Waals surface area contributed by atoms with E-state index in [4.69, 9.17) is 10.5 Å². The summed E-state index contributed by atoms with van der Waals surface area (Å²) >= 11 is 0. The number of hydrogen-bond acceptors (Lipinski definition) is 3. The molecule has 19 heavy (non-hydrogen) atoms. The molecule has 1 aliphatic heterocycles. The summed E-state index contributed by atoms with van der Waals surface area (Å²) in [6, 6.07) is 2.98. The van der Waals surface area contributed by atoms with E-state index < -0.39 is 21.5 Å². The van der Waals surface area contributed by atoms with E-state index in [0.717, 1.165) is 0 Å². The third kappa shape index (κ3) is 2.49. The quantitative estimate of drug-likeness (QED) is 0.837. The van der Waals surface area contributed by atoms with Crippen molar-refractivity contribution in [3.8, 4) is 5.75 Å². The van der Waals surface area contributed by atoms with Gasteiger partial charge in [0.15, 0.2) is 9.84 Å². The van der Waals surface area contributed by atoms with Crippen LogP contribution in [-0.4, -0.2) is 19.8 Å². The van der Waals surface area contributed by atoms with Crippen molar-refractivity contribution in [3.05, 3.63) is 23.3 Å². The van der Waals surface area contributed by atoms with Crippen molar-refractivity contribution >= 4 is 9.84 Å². The summed E-state index contributed by atoms with van der Waals surface area (Å²) in [5.74, 6) is 0.578. The average Bonchev–Trinajstić information content (AvgIpc) is 2.28. The summed E-state index contributed by atoms with van der Waals surface area (Å²) < 4.78 is 30.4. The highest BCUT2D eigenvalue weighted by molar-refractivity contribution is 7.91. The van der Waals surface area contributed by atoms with Gasteiger partial charge in [-0.05, 0) is 32.4 Å². The minimum absolute atomic E-state index is 0.0421. The van der Waals surface area contributed by atoms with Crippen molar-refractivity contribution in [1.29, 1.82) is 0 Å². The molecule has 0 amide bonds. The van der Waals surface area contributed by atoms with E-state index in [2.05, 4.69) is 0 Å². The van der Waals surface area contributed by atoms with E-state index >= 15 is 0 Å². The standard InChI is InChI=1S/C14H20NO3S/c1-5-19(16,17)13-9(2)6-7-11-12(13)10(15)8-14(3,4)18-11/h6-7,10,15H,5,8H2,1-4H3. The molecule has 1 unspecified atom stereocenters. The highest BCUT2D eigenvalue weighted by atomic mass is 32.2. The molecule has 1 aromatic rings. The van der Waals surface area contributed by atoms with Crippen molar-refractivity contribution in [2.45, 2.75) is 50.7 Å². The zero-order chi connectivity index (χ0) is 14.4. The molecule has 0 aliphatic carbocycles. The van der Waals surface area contributed by atoms with E-state index in [-0.39, 0.29) is 5.75 Å². The molecule has 1 aromatic carbocycles. The molecule has 4 nitrogen and oxygen atoms in total. The second kappa shape index (κ2) is 4.49. The number of ether oxygens (including phenoxy) is 1. The summed E-state index contributed by atoms with van der Waals surface area (Å²) in [4.78, 5) is 0.294. The maximum Gasteiger partial charge on any atom is 0.178 e. The van der Waals surface area contributed by atoms with E-state index in [0.29, 0.717) is 28.2 Å². The van der Waals surface area contributed by atoms with Crippen LogP contribution in [-0.2, 0) is 9.84 Å². The normalized spacial score (nSPS) is 21.6. The fourth-order valence-electron chi connectivity index (χ4n) is 2.60. The molecule has 5 heteroatoms. The second-order valence-electron chi connectivity index (χ2n) is 5.65. The Labute approximate surface area is 114 Å². The number of fused-ring (bicyclic) bond motifs is 1. The lowest BCUT2D eigenvalue weighted by Gasteiger charge is -2.37. The van der Waals surface area contributed by atoms with Gasteiger partial charge in [0.25, 0.3) is 0 Å². The number of sulfone groups is 1. The number of nitrogens with one attached hydrogen (secondary N) is 1. The van der Waals surface area contributed by atoms with Crippen molar-refractivity contribution in [1.82, 2.24) is 5.73 Å². The zero-order valence-corrected chi connectivity index (χ0v) is 12.6. The van der Waals surface area contributed by atoms with Crippen LogP contribution in [0.25, 0.3) is 0 Å². The third-order valence-electron chi connectivity index (χ3n) is 3.47. The van der Waals surface area contributed by atoms with Crippen LogP contribution in [0.4, 0.5) is 0 Å². The van der Waals surface area contributed by atoms with Crippen LogP contribution in [0.15, 0.2) is 17.0 Å². The monoisotopic (exact) mass is 282 g/mol. The molecule has 0 saturated carbocycles. The highest BCUT2D eigenvalue weighted by Gasteiger charge is 2.36. The van der Waals surface area contributed by atoms with Gasteiger partial charge in [0.05, 0.1) is 16.7 Å². The van der Waals surface area contributed by atoms with Crippen LogP contribution in [0.3, 0.4) is 0 Å². The Morgan fingerprint density at radius 1 is 1.42 bits per heavy atom. The molecule has 1 radical (unpaired) electrons. The molecule has 1 N–H and O–H groups in total. The first-order valence-electron chi connectivity index (χ1n) is 6.44. The van der Waals surface area contributed by atoms with Gasteiger partial charge >= 0.3 is 0 Å². The molecule has 0 saturated heterocycles. The van der Waals surface area contributed by atoms with Gasteiger partial charge in [0.2, 0.25) is 0 Å². The van der Waals surface area contributed by atoms with Gasteiger partial charge in [-0.3, -0.25) is 0 Å². The fourth-order valence-corrected chi connectivity index (χ4v) is 4.02. The minimum atomic E-state index is -3.34. The average molecular weight is 282 g/mol. The van der Waals surface area contributed by atoms with Crippen LogP contribution in [0, 0.1) is 6.92 Å². The zero-order valence-electron chi connectivity index (χ0n) is 11.8. The highest BCUT2D eigenvalue weighted by Crippen LogP contribution is 2.43. The predicted octanol–water partition coefficient (Wildman–Crippen LogP) is 2.67. The molecule has 1 atom stereocenters. The molecule has 0 fully saturated rings. The molecule has 1 aliphatic rings. The van der Waals surface area contributed by atoms with E-state index in [1.54, 1.807) is 26.0 Å². The summed E-state index contributed by atoms with van der Waals surface area (Å²) in [6.07, 6.45) is 0.496. The smallest absolute Gasteiger partial charge is 0.178 e. The van der Waals surface area contributed by atoms with Crippen LogP contribution in [0.2, 0.25) is 0 Å². The van der Waals surface area contributed by atoms with E-state index in [9.17, 15) is 8.42 Å². The van der Waals surface area contributed by atoms with E-state index in [1.807, 2.05) is 13.8 Å². The molecule has 0 spiro atoms. The summed E-state index contributed by atoms with van der Waals surface area (Å²) in [5, 5.41) is 0. The molecule has 1 heterocycles. The van der Waals surface area contributed by atoms with Gasteiger partial charge < -0.3 is 4.74 Å². The fraction of sp³-hybridized carbons (Fsp3) is 0.571. The first-order chi connectivity index (χ1) is 8.68. The first-order valence-corrected chi connectivity index (χ1v) is 8.09. The van der Waals surface area contributed by atoms with Crippen LogP contribution in [0.1, 0.15) is 44.4 Å². The van der Waals surface area contributed by atoms with Crippen molar-refractivity contribution in [2.24, 2.45) is 0 Å². The van der Waals surface area contributed by atoms with Gasteiger partial charge in [-0.1, -0.05) is 13.0 Å². The molecule has 0 aromatic heterocycles. The van der Waals surface area contributed by atoms with E-state index in [1.165, 1.54) is 0 Å². The van der Waals surface area contributed by atoms with Crippen molar-refractivity contribution < 1.29 is 13.2 Å². The van der Waals surface area contributed by atoms with Crippen molar-refractivity contribution in [3.63, 3.8) is 0 Å². The maximum atomic E-state index is 12.3. The molecular formula is C14H20NO3S. The van der Waals surface area contributed by atoms with Gasteiger partial charge in [-0.15, -0.1) is 0 Å². The van der Waals surface area contributed by atoms with Crippen LogP contribution < -0.4 is 10.5 Å². The Hall–Kier alpha value is -1.07. The maximum absolute atomic E-state index is 12.3. The predicted molar refractivity (Wildman–Crippen MR) is 74.1 cm³/mol. The third-order valence-corrected chi connectivity index (χ3v) is 5.40. The first kappa shape index (κ1) is 14.3.